The highest BCUT2D eigenvalue weighted by atomic mass is 35.6. The molecule has 10 nitrogen and oxygen atoms in total. The fraction of sp³-hybridized carbons (Fsp3) is 0.316. The summed E-state index contributed by atoms with van der Waals surface area (Å²) in [5, 5.41) is 5.71. The van der Waals surface area contributed by atoms with Gasteiger partial charge in [0.05, 0.1) is 0 Å². The molecule has 2 heterocycles. The predicted octanol–water partition coefficient (Wildman–Crippen LogP) is 1.64. The number of carbonyl (C=O) groups excluding carboxylic acids is 4. The third-order valence-electron chi connectivity index (χ3n) is 4.82. The molecule has 2 fully saturated rings. The van der Waals surface area contributed by atoms with Crippen molar-refractivity contribution in [3.63, 3.8) is 0 Å². The van der Waals surface area contributed by atoms with E-state index in [1.54, 1.807) is 30.3 Å². The Hall–Kier alpha value is -2.47. The maximum Gasteiger partial charge on any atom is 0.332 e. The number of hydrogen-bond acceptors (Lipinski definition) is 7. The van der Waals surface area contributed by atoms with Crippen LogP contribution < -0.4 is 16.5 Å². The van der Waals surface area contributed by atoms with E-state index in [9.17, 15) is 19.2 Å². The third kappa shape index (κ3) is 5.21. The molecule has 176 valence electrons. The maximum atomic E-state index is 12.9. The SMILES string of the molecule is C=C1N2C(=O)C(NC(=O)C(=NNC(N)=O)c3ccccc3)[C@H]2SC1(C)C(=O)OCC(Cl)(Cl)Cl. The summed E-state index contributed by atoms with van der Waals surface area (Å²) in [7, 11) is 0. The van der Waals surface area contributed by atoms with E-state index in [2.05, 4.69) is 17.0 Å². The number of primary amides is 1. The Labute approximate surface area is 207 Å². The highest BCUT2D eigenvalue weighted by Crippen LogP contribution is 2.53. The molecule has 0 radical (unpaired) electrons. The van der Waals surface area contributed by atoms with Crippen molar-refractivity contribution in [3.05, 3.63) is 48.2 Å². The van der Waals surface area contributed by atoms with E-state index in [1.165, 1.54) is 11.8 Å². The van der Waals surface area contributed by atoms with Crippen LogP contribution in [0, 0.1) is 0 Å². The second-order valence-corrected chi connectivity index (χ2v) is 11.2. The second-order valence-electron chi connectivity index (χ2n) is 7.14. The Bertz CT molecular complexity index is 1050. The standard InChI is InChI=1S/C19H18Cl3N5O5S/c1-9-18(2,16(30)32-8-19(20,21)22)33-15-12(14(29)27(9)15)24-13(28)11(25-26-17(23)31)10-6-4-3-5-7-10/h3-7,12,15H,1,8H2,2H3,(H,24,28)(H3,23,26,31)/t12?,15-,18?/m1/s1. The molecule has 4 amide bonds. The summed E-state index contributed by atoms with van der Waals surface area (Å²) < 4.78 is 1.95. The first-order valence-electron chi connectivity index (χ1n) is 9.29. The lowest BCUT2D eigenvalue weighted by Crippen LogP contribution is -2.67. The minimum absolute atomic E-state index is 0.160. The van der Waals surface area contributed by atoms with Gasteiger partial charge in [-0.1, -0.05) is 71.7 Å². The van der Waals surface area contributed by atoms with Crippen LogP contribution in [0.25, 0.3) is 0 Å². The van der Waals surface area contributed by atoms with Gasteiger partial charge < -0.3 is 15.8 Å². The summed E-state index contributed by atoms with van der Waals surface area (Å²) in [6.45, 7) is 4.88. The molecule has 2 saturated heterocycles. The van der Waals surface area contributed by atoms with Crippen LogP contribution >= 0.6 is 46.6 Å². The molecule has 33 heavy (non-hydrogen) atoms. The van der Waals surface area contributed by atoms with Gasteiger partial charge in [0.25, 0.3) is 11.8 Å². The van der Waals surface area contributed by atoms with Crippen LogP contribution in [0.4, 0.5) is 4.79 Å². The molecule has 3 atom stereocenters. The summed E-state index contributed by atoms with van der Waals surface area (Å²) in [5.74, 6) is -1.95. The summed E-state index contributed by atoms with van der Waals surface area (Å²) >= 11 is 18.0. The van der Waals surface area contributed by atoms with E-state index in [-0.39, 0.29) is 11.4 Å². The number of alkyl halides is 3. The van der Waals surface area contributed by atoms with Gasteiger partial charge in [-0.15, -0.1) is 11.8 Å². The summed E-state index contributed by atoms with van der Waals surface area (Å²) in [6, 6.07) is 6.32. The van der Waals surface area contributed by atoms with Crippen molar-refractivity contribution in [1.29, 1.82) is 0 Å². The largest absolute Gasteiger partial charge is 0.460 e. The molecule has 0 aliphatic carbocycles. The number of nitrogens with one attached hydrogen (secondary N) is 2. The van der Waals surface area contributed by atoms with E-state index < -0.39 is 50.4 Å². The first kappa shape index (κ1) is 25.2. The topological polar surface area (TPSA) is 143 Å². The van der Waals surface area contributed by atoms with E-state index in [0.717, 1.165) is 11.8 Å². The summed E-state index contributed by atoms with van der Waals surface area (Å²) in [6.07, 6.45) is 0. The number of hydrazone groups is 1. The van der Waals surface area contributed by atoms with Crippen LogP contribution in [0.1, 0.15) is 12.5 Å². The lowest BCUT2D eigenvalue weighted by atomic mass is 10.00. The van der Waals surface area contributed by atoms with Gasteiger partial charge in [-0.05, 0) is 6.92 Å². The molecule has 4 N–H and O–H groups in total. The molecule has 0 saturated carbocycles. The number of amides is 4. The molecule has 1 aromatic carbocycles. The fourth-order valence-electron chi connectivity index (χ4n) is 3.16. The van der Waals surface area contributed by atoms with E-state index in [4.69, 9.17) is 45.3 Å². The van der Waals surface area contributed by atoms with E-state index in [0.29, 0.717) is 5.56 Å². The maximum absolute atomic E-state index is 12.9. The van der Waals surface area contributed by atoms with E-state index >= 15 is 0 Å². The second kappa shape index (κ2) is 9.41. The van der Waals surface area contributed by atoms with Crippen molar-refractivity contribution in [2.45, 2.75) is 26.9 Å². The Kier molecular flexibility index (Phi) is 7.18. The minimum Gasteiger partial charge on any atom is -0.460 e. The number of esters is 1. The average Bonchev–Trinajstić information content (AvgIpc) is 2.99. The fourth-order valence-corrected chi connectivity index (χ4v) is 4.85. The Morgan fingerprint density at radius 3 is 2.52 bits per heavy atom. The smallest absolute Gasteiger partial charge is 0.332 e. The number of rotatable bonds is 6. The number of nitrogens with two attached hydrogens (primary N) is 1. The third-order valence-corrected chi connectivity index (χ3v) is 6.75. The van der Waals surface area contributed by atoms with Crippen molar-refractivity contribution in [2.75, 3.05) is 6.61 Å². The number of fused-ring (bicyclic) bond motifs is 1. The lowest BCUT2D eigenvalue weighted by molar-refractivity contribution is -0.147. The number of thioether (sulfide) groups is 1. The first-order valence-corrected chi connectivity index (χ1v) is 11.3. The molecule has 0 aromatic heterocycles. The molecule has 2 unspecified atom stereocenters. The molecule has 1 aromatic rings. The molecule has 0 bridgehead atoms. The Balaban J connectivity index is 1.75. The normalized spacial score (nSPS) is 24.6. The monoisotopic (exact) mass is 533 g/mol. The van der Waals surface area contributed by atoms with Gasteiger partial charge in [-0.2, -0.15) is 5.10 Å². The molecule has 14 heteroatoms. The Morgan fingerprint density at radius 2 is 1.94 bits per heavy atom. The van der Waals surface area contributed by atoms with Crippen LogP contribution in [0.2, 0.25) is 0 Å². The van der Waals surface area contributed by atoms with Gasteiger partial charge in [0.1, 0.15) is 18.0 Å². The highest BCUT2D eigenvalue weighted by Gasteiger charge is 2.63. The van der Waals surface area contributed by atoms with E-state index in [1.807, 2.05) is 5.43 Å². The zero-order valence-corrected chi connectivity index (χ0v) is 20.1. The number of hydrogen-bond donors (Lipinski definition) is 3. The number of benzene rings is 1. The predicted molar refractivity (Wildman–Crippen MR) is 125 cm³/mol. The van der Waals surface area contributed by atoms with Gasteiger partial charge in [0, 0.05) is 11.3 Å². The quantitative estimate of drug-likeness (QED) is 0.166. The number of ether oxygens (including phenoxy) is 1. The van der Waals surface area contributed by atoms with Gasteiger partial charge >= 0.3 is 12.0 Å². The lowest BCUT2D eigenvalue weighted by Gasteiger charge is -2.41. The molecular weight excluding hydrogens is 517 g/mol. The number of halogens is 3. The van der Waals surface area contributed by atoms with Crippen LogP contribution in [-0.4, -0.2) is 61.0 Å². The molecular formula is C19H18Cl3N5O5S. The van der Waals surface area contributed by atoms with Crippen LogP contribution in [-0.2, 0) is 19.1 Å². The average molecular weight is 535 g/mol. The highest BCUT2D eigenvalue weighted by molar-refractivity contribution is 8.02. The van der Waals surface area contributed by atoms with Crippen molar-refractivity contribution < 1.29 is 23.9 Å². The minimum atomic E-state index is -1.80. The van der Waals surface area contributed by atoms with Crippen molar-refractivity contribution >= 4 is 76.1 Å². The van der Waals surface area contributed by atoms with Crippen molar-refractivity contribution in [1.82, 2.24) is 15.6 Å². The first-order chi connectivity index (χ1) is 15.3. The van der Waals surface area contributed by atoms with Gasteiger partial charge in [-0.3, -0.25) is 19.3 Å². The van der Waals surface area contributed by atoms with Crippen LogP contribution in [0.3, 0.4) is 0 Å². The summed E-state index contributed by atoms with van der Waals surface area (Å²) in [4.78, 5) is 50.7. The Morgan fingerprint density at radius 1 is 1.30 bits per heavy atom. The van der Waals surface area contributed by atoms with Gasteiger partial charge in [0.2, 0.25) is 3.79 Å². The van der Waals surface area contributed by atoms with Crippen molar-refractivity contribution in [2.24, 2.45) is 10.8 Å². The van der Waals surface area contributed by atoms with Gasteiger partial charge in [0.15, 0.2) is 10.5 Å². The molecule has 2 aliphatic heterocycles. The number of urea groups is 1. The summed E-state index contributed by atoms with van der Waals surface area (Å²) in [5.41, 5.74) is 7.47. The number of β-lactam (4-membered cyclic amide) rings is 1. The van der Waals surface area contributed by atoms with Crippen molar-refractivity contribution in [3.8, 4) is 0 Å². The molecule has 3 rings (SSSR count). The molecule has 0 spiro atoms. The number of nitrogens with zero attached hydrogens (tertiary/aromatic N) is 2. The molecule has 2 aliphatic rings. The van der Waals surface area contributed by atoms with Gasteiger partial charge in [-0.25, -0.2) is 10.2 Å². The van der Waals surface area contributed by atoms with Crippen LogP contribution in [0.15, 0.2) is 47.7 Å². The zero-order valence-electron chi connectivity index (χ0n) is 17.0. The zero-order chi connectivity index (χ0) is 24.6. The van der Waals surface area contributed by atoms with Crippen LogP contribution in [0.5, 0.6) is 0 Å². The number of carbonyl (C=O) groups is 4.